The lowest BCUT2D eigenvalue weighted by atomic mass is 10.2. The molecule has 0 radical (unpaired) electrons. The van der Waals surface area contributed by atoms with Gasteiger partial charge in [0.1, 0.15) is 12.3 Å². The fraction of sp³-hybridized carbons (Fsp3) is 0.130. The summed E-state index contributed by atoms with van der Waals surface area (Å²) in [5, 5.41) is 7.62. The third kappa shape index (κ3) is 6.96. The van der Waals surface area contributed by atoms with Crippen LogP contribution in [0.2, 0.25) is 0 Å². The Balaban J connectivity index is 1.41. The highest BCUT2D eigenvalue weighted by atomic mass is 16.5. The Morgan fingerprint density at radius 1 is 0.848 bits per heavy atom. The molecule has 2 aromatic carbocycles. The van der Waals surface area contributed by atoms with Crippen LogP contribution in [0, 0.1) is 0 Å². The van der Waals surface area contributed by atoms with E-state index in [0.717, 1.165) is 0 Å². The van der Waals surface area contributed by atoms with E-state index in [-0.39, 0.29) is 11.7 Å². The molecule has 0 atom stereocenters. The van der Waals surface area contributed by atoms with Crippen molar-refractivity contribution < 1.29 is 33.1 Å². The van der Waals surface area contributed by atoms with E-state index >= 15 is 0 Å². The fourth-order valence-corrected chi connectivity index (χ4v) is 2.62. The predicted octanol–water partition coefficient (Wildman–Crippen LogP) is 2.45. The van der Waals surface area contributed by atoms with Crippen molar-refractivity contribution in [3.05, 3.63) is 78.3 Å². The Hall–Kier alpha value is -4.60. The quantitative estimate of drug-likeness (QED) is 0.425. The summed E-state index contributed by atoms with van der Waals surface area (Å²) in [5.41, 5.74) is 1.42. The van der Waals surface area contributed by atoms with Crippen LogP contribution < -0.4 is 20.7 Å². The van der Waals surface area contributed by atoms with E-state index in [1.165, 1.54) is 18.4 Å². The minimum absolute atomic E-state index is 0.0571. The van der Waals surface area contributed by atoms with Gasteiger partial charge in [-0.15, -0.1) is 0 Å². The van der Waals surface area contributed by atoms with Crippen LogP contribution in [-0.4, -0.2) is 44.0 Å². The van der Waals surface area contributed by atoms with Gasteiger partial charge in [0.25, 0.3) is 17.7 Å². The van der Waals surface area contributed by atoms with Crippen molar-refractivity contribution in [1.82, 2.24) is 5.32 Å². The number of esters is 1. The maximum atomic E-state index is 12.3. The molecule has 170 valence electrons. The van der Waals surface area contributed by atoms with E-state index in [9.17, 15) is 19.2 Å². The molecule has 0 unspecified atom stereocenters. The summed E-state index contributed by atoms with van der Waals surface area (Å²) in [6.45, 7) is -0.944. The summed E-state index contributed by atoms with van der Waals surface area (Å²) in [7, 11) is 1.56. The van der Waals surface area contributed by atoms with E-state index in [0.29, 0.717) is 22.7 Å². The van der Waals surface area contributed by atoms with Crippen molar-refractivity contribution in [1.29, 1.82) is 0 Å². The van der Waals surface area contributed by atoms with Crippen LogP contribution in [0.3, 0.4) is 0 Å². The number of rotatable bonds is 9. The number of carbonyl (C=O) groups is 4. The Kier molecular flexibility index (Phi) is 7.79. The van der Waals surface area contributed by atoms with E-state index < -0.39 is 30.9 Å². The third-order valence-corrected chi connectivity index (χ3v) is 4.28. The molecule has 0 aliphatic heterocycles. The van der Waals surface area contributed by atoms with Crippen molar-refractivity contribution in [2.24, 2.45) is 0 Å². The molecule has 0 aliphatic rings. The molecular formula is C23H21N3O7. The maximum absolute atomic E-state index is 12.3. The average molecular weight is 451 g/mol. The normalized spacial score (nSPS) is 10.1. The highest BCUT2D eigenvalue weighted by molar-refractivity contribution is 6.04. The van der Waals surface area contributed by atoms with Gasteiger partial charge in [-0.2, -0.15) is 0 Å². The average Bonchev–Trinajstić information content (AvgIpc) is 3.37. The molecule has 3 N–H and O–H groups in total. The van der Waals surface area contributed by atoms with E-state index in [1.54, 1.807) is 55.6 Å². The van der Waals surface area contributed by atoms with Crippen LogP contribution in [0.4, 0.5) is 11.4 Å². The first-order valence-electron chi connectivity index (χ1n) is 9.77. The minimum atomic E-state index is -0.782. The van der Waals surface area contributed by atoms with Crippen molar-refractivity contribution >= 4 is 35.1 Å². The smallest absolute Gasteiger partial charge is 0.325 e. The Labute approximate surface area is 188 Å². The maximum Gasteiger partial charge on any atom is 0.325 e. The van der Waals surface area contributed by atoms with Crippen molar-refractivity contribution in [3.8, 4) is 5.75 Å². The lowest BCUT2D eigenvalue weighted by Crippen LogP contribution is -2.32. The Morgan fingerprint density at radius 3 is 2.15 bits per heavy atom. The van der Waals surface area contributed by atoms with Gasteiger partial charge in [-0.25, -0.2) is 0 Å². The van der Waals surface area contributed by atoms with Crippen molar-refractivity contribution in [2.45, 2.75) is 0 Å². The molecule has 10 nitrogen and oxygen atoms in total. The molecule has 0 fully saturated rings. The number of ether oxygens (including phenoxy) is 2. The zero-order valence-electron chi connectivity index (χ0n) is 17.6. The monoisotopic (exact) mass is 451 g/mol. The predicted molar refractivity (Wildman–Crippen MR) is 118 cm³/mol. The van der Waals surface area contributed by atoms with Gasteiger partial charge in [-0.1, -0.05) is 0 Å². The molecule has 3 aromatic rings. The molecule has 3 amide bonds. The summed E-state index contributed by atoms with van der Waals surface area (Å²) in [6, 6.07) is 16.1. The summed E-state index contributed by atoms with van der Waals surface area (Å²) < 4.78 is 14.8. The van der Waals surface area contributed by atoms with Gasteiger partial charge in [0.15, 0.2) is 12.4 Å². The second-order valence-electron chi connectivity index (χ2n) is 6.63. The molecule has 1 heterocycles. The summed E-state index contributed by atoms with van der Waals surface area (Å²) in [6.07, 6.45) is 1.33. The van der Waals surface area contributed by atoms with Crippen molar-refractivity contribution in [3.63, 3.8) is 0 Å². The lowest BCUT2D eigenvalue weighted by molar-refractivity contribution is -0.146. The van der Waals surface area contributed by atoms with Gasteiger partial charge in [-0.3, -0.25) is 19.2 Å². The Morgan fingerprint density at radius 2 is 1.52 bits per heavy atom. The summed E-state index contributed by atoms with van der Waals surface area (Å²) in [4.78, 5) is 47.7. The molecule has 0 bridgehead atoms. The van der Waals surface area contributed by atoms with Gasteiger partial charge < -0.3 is 29.8 Å². The zero-order chi connectivity index (χ0) is 23.6. The molecule has 0 saturated carbocycles. The molecule has 0 aliphatic carbocycles. The first kappa shape index (κ1) is 23.1. The van der Waals surface area contributed by atoms with Gasteiger partial charge in [-0.05, 0) is 60.7 Å². The molecule has 33 heavy (non-hydrogen) atoms. The third-order valence-electron chi connectivity index (χ3n) is 4.28. The van der Waals surface area contributed by atoms with Crippen molar-refractivity contribution in [2.75, 3.05) is 30.9 Å². The summed E-state index contributed by atoms with van der Waals surface area (Å²) >= 11 is 0. The van der Waals surface area contributed by atoms with Crippen LogP contribution >= 0.6 is 0 Å². The lowest BCUT2D eigenvalue weighted by Gasteiger charge is -2.09. The number of furan rings is 1. The number of amides is 3. The molecule has 3 rings (SSSR count). The summed E-state index contributed by atoms with van der Waals surface area (Å²) in [5.74, 6) is -1.51. The molecule has 10 heteroatoms. The van der Waals surface area contributed by atoms with E-state index in [1.807, 2.05) is 0 Å². The topological polar surface area (TPSA) is 136 Å². The number of nitrogens with one attached hydrogen (secondary N) is 3. The second-order valence-corrected chi connectivity index (χ2v) is 6.63. The number of carbonyl (C=O) groups excluding carboxylic acids is 4. The first-order valence-corrected chi connectivity index (χ1v) is 9.77. The van der Waals surface area contributed by atoms with E-state index in [2.05, 4.69) is 16.0 Å². The van der Waals surface area contributed by atoms with Crippen LogP contribution in [-0.2, 0) is 14.3 Å². The second kappa shape index (κ2) is 11.1. The highest BCUT2D eigenvalue weighted by Gasteiger charge is 2.13. The molecular weight excluding hydrogens is 430 g/mol. The molecule has 1 aromatic heterocycles. The number of hydrogen-bond donors (Lipinski definition) is 3. The molecule has 0 saturated heterocycles. The van der Waals surface area contributed by atoms with Gasteiger partial charge in [0.05, 0.1) is 13.4 Å². The first-order chi connectivity index (χ1) is 15.9. The van der Waals surface area contributed by atoms with Crippen LogP contribution in [0.25, 0.3) is 0 Å². The zero-order valence-corrected chi connectivity index (χ0v) is 17.6. The Bertz CT molecular complexity index is 1110. The van der Waals surface area contributed by atoms with E-state index in [4.69, 9.17) is 13.9 Å². The van der Waals surface area contributed by atoms with Gasteiger partial charge >= 0.3 is 5.97 Å². The van der Waals surface area contributed by atoms with Crippen LogP contribution in [0.5, 0.6) is 5.75 Å². The number of anilines is 2. The molecule has 0 spiro atoms. The highest BCUT2D eigenvalue weighted by Crippen LogP contribution is 2.16. The standard InChI is InChI=1S/C23H21N3O7/c1-31-18-10-8-17(9-11-18)26-22(29)15-4-6-16(7-5-15)25-20(27)14-33-21(28)13-24-23(30)19-3-2-12-32-19/h2-12H,13-14H2,1H3,(H,24,30)(H,25,27)(H,26,29). The van der Waals surface area contributed by atoms with Gasteiger partial charge in [0.2, 0.25) is 0 Å². The number of hydrogen-bond acceptors (Lipinski definition) is 7. The number of benzene rings is 2. The minimum Gasteiger partial charge on any atom is -0.497 e. The number of methoxy groups -OCH3 is 1. The fourth-order valence-electron chi connectivity index (χ4n) is 2.62. The largest absolute Gasteiger partial charge is 0.497 e. The SMILES string of the molecule is COc1ccc(NC(=O)c2ccc(NC(=O)COC(=O)CNC(=O)c3ccco3)cc2)cc1. The van der Waals surface area contributed by atoms with Crippen LogP contribution in [0.1, 0.15) is 20.9 Å². The van der Waals surface area contributed by atoms with Crippen LogP contribution in [0.15, 0.2) is 71.3 Å². The van der Waals surface area contributed by atoms with Gasteiger partial charge in [0, 0.05) is 16.9 Å².